The molecule has 0 radical (unpaired) electrons. The average molecular weight is 403 g/mol. The number of pyridine rings is 1. The maximum Gasteiger partial charge on any atom is 0.349 e. The Hall–Kier alpha value is -3.60. The molecule has 0 atom stereocenters. The molecule has 30 heavy (non-hydrogen) atoms. The van der Waals surface area contributed by atoms with E-state index in [-0.39, 0.29) is 6.61 Å². The van der Waals surface area contributed by atoms with Gasteiger partial charge in [-0.3, -0.25) is 4.98 Å². The Balaban J connectivity index is 1.67. The zero-order valence-corrected chi connectivity index (χ0v) is 17.4. The molecule has 1 aromatic heterocycles. The summed E-state index contributed by atoms with van der Waals surface area (Å²) in [4.78, 5) is 16.6. The summed E-state index contributed by atoms with van der Waals surface area (Å²) in [5.74, 6) is 1.04. The van der Waals surface area contributed by atoms with E-state index in [1.807, 2.05) is 81.5 Å². The zero-order valence-electron chi connectivity index (χ0n) is 17.4. The van der Waals surface area contributed by atoms with E-state index < -0.39 is 5.97 Å². The van der Waals surface area contributed by atoms with Crippen molar-refractivity contribution < 1.29 is 19.0 Å². The lowest BCUT2D eigenvalue weighted by atomic mass is 10.1. The van der Waals surface area contributed by atoms with Gasteiger partial charge in [-0.05, 0) is 73.9 Å². The van der Waals surface area contributed by atoms with Gasteiger partial charge in [-0.25, -0.2) is 4.79 Å². The Labute approximate surface area is 176 Å². The molecule has 0 saturated carbocycles. The fraction of sp³-hybridized carbons (Fsp3) is 0.200. The number of aryl methyl sites for hydroxylation is 1. The van der Waals surface area contributed by atoms with E-state index in [9.17, 15) is 4.79 Å². The number of nitrogens with zero attached hydrogens (tertiary/aromatic N) is 1. The minimum Gasteiger partial charge on any atom is -0.490 e. The van der Waals surface area contributed by atoms with Crippen molar-refractivity contribution in [1.82, 2.24) is 4.98 Å². The molecule has 0 aliphatic carbocycles. The molecule has 3 rings (SSSR count). The molecule has 0 amide bonds. The molecule has 5 nitrogen and oxygen atoms in total. The van der Waals surface area contributed by atoms with Gasteiger partial charge in [0.15, 0.2) is 18.1 Å². The molecule has 154 valence electrons. The number of esters is 1. The third-order valence-electron chi connectivity index (χ3n) is 4.53. The van der Waals surface area contributed by atoms with Crippen molar-refractivity contribution in [2.75, 3.05) is 13.2 Å². The predicted molar refractivity (Wildman–Crippen MR) is 118 cm³/mol. The quantitative estimate of drug-likeness (QED) is 0.380. The molecule has 3 aromatic rings. The number of hydrogen-bond acceptors (Lipinski definition) is 5. The van der Waals surface area contributed by atoms with Crippen molar-refractivity contribution in [3.63, 3.8) is 0 Å². The number of ether oxygens (including phenoxy) is 3. The van der Waals surface area contributed by atoms with E-state index in [4.69, 9.17) is 14.2 Å². The van der Waals surface area contributed by atoms with Gasteiger partial charge in [-0.1, -0.05) is 30.3 Å². The lowest BCUT2D eigenvalue weighted by molar-refractivity contribution is -0.136. The molecular formula is C25H25NO4. The lowest BCUT2D eigenvalue weighted by Crippen LogP contribution is -2.18. The molecule has 0 unspecified atom stereocenters. The highest BCUT2D eigenvalue weighted by molar-refractivity contribution is 5.76. The predicted octanol–water partition coefficient (Wildman–Crippen LogP) is 5.25. The molecule has 0 N–H and O–H groups in total. The van der Waals surface area contributed by atoms with Crippen LogP contribution in [0.25, 0.3) is 12.2 Å². The highest BCUT2D eigenvalue weighted by Gasteiger charge is 2.13. The summed E-state index contributed by atoms with van der Waals surface area (Å²) in [6, 6.07) is 16.9. The largest absolute Gasteiger partial charge is 0.490 e. The maximum atomic E-state index is 12.3. The molecule has 2 aromatic carbocycles. The van der Waals surface area contributed by atoms with Crippen LogP contribution in [0.5, 0.6) is 17.2 Å². The Morgan fingerprint density at radius 3 is 2.57 bits per heavy atom. The van der Waals surface area contributed by atoms with E-state index in [2.05, 4.69) is 4.98 Å². The summed E-state index contributed by atoms with van der Waals surface area (Å²) >= 11 is 0. The maximum absolute atomic E-state index is 12.3. The van der Waals surface area contributed by atoms with Gasteiger partial charge in [0.05, 0.1) is 12.3 Å². The van der Waals surface area contributed by atoms with Crippen molar-refractivity contribution in [2.45, 2.75) is 20.8 Å². The molecule has 0 bridgehead atoms. The number of carbonyl (C=O) groups excluding carboxylic acids is 1. The molecule has 0 aliphatic rings. The summed E-state index contributed by atoms with van der Waals surface area (Å²) < 4.78 is 16.8. The van der Waals surface area contributed by atoms with E-state index in [1.165, 1.54) is 0 Å². The molecule has 0 fully saturated rings. The van der Waals surface area contributed by atoms with Crippen LogP contribution in [0.2, 0.25) is 0 Å². The highest BCUT2D eigenvalue weighted by Crippen LogP contribution is 2.29. The summed E-state index contributed by atoms with van der Waals surface area (Å²) in [5, 5.41) is 0. The summed E-state index contributed by atoms with van der Waals surface area (Å²) in [7, 11) is 0. The van der Waals surface area contributed by atoms with Crippen LogP contribution in [0.1, 0.15) is 29.3 Å². The number of hydrogen-bond donors (Lipinski definition) is 0. The van der Waals surface area contributed by atoms with E-state index in [0.717, 1.165) is 22.4 Å². The van der Waals surface area contributed by atoms with Gasteiger partial charge < -0.3 is 14.2 Å². The smallest absolute Gasteiger partial charge is 0.349 e. The van der Waals surface area contributed by atoms with E-state index in [1.54, 1.807) is 12.3 Å². The second-order valence-corrected chi connectivity index (χ2v) is 6.69. The third-order valence-corrected chi connectivity index (χ3v) is 4.53. The van der Waals surface area contributed by atoms with Crippen LogP contribution < -0.4 is 14.2 Å². The average Bonchev–Trinajstić information content (AvgIpc) is 2.76. The first-order valence-corrected chi connectivity index (χ1v) is 9.82. The molecule has 0 aliphatic heterocycles. The Morgan fingerprint density at radius 2 is 1.80 bits per heavy atom. The fourth-order valence-electron chi connectivity index (χ4n) is 2.81. The Bertz CT molecular complexity index is 1030. The van der Waals surface area contributed by atoms with Gasteiger partial charge in [-0.2, -0.15) is 0 Å². The van der Waals surface area contributed by atoms with Crippen LogP contribution in [-0.2, 0) is 4.79 Å². The van der Waals surface area contributed by atoms with Gasteiger partial charge in [0, 0.05) is 6.20 Å². The highest BCUT2D eigenvalue weighted by atomic mass is 16.6. The van der Waals surface area contributed by atoms with Gasteiger partial charge >= 0.3 is 5.97 Å². The first-order valence-electron chi connectivity index (χ1n) is 9.82. The molecule has 0 spiro atoms. The van der Waals surface area contributed by atoms with Crippen molar-refractivity contribution in [1.29, 1.82) is 0 Å². The van der Waals surface area contributed by atoms with Crippen molar-refractivity contribution >= 4 is 18.1 Å². The van der Waals surface area contributed by atoms with Gasteiger partial charge in [0.2, 0.25) is 0 Å². The van der Waals surface area contributed by atoms with E-state index >= 15 is 0 Å². The lowest BCUT2D eigenvalue weighted by Gasteiger charge is -2.13. The van der Waals surface area contributed by atoms with Crippen LogP contribution in [0.3, 0.4) is 0 Å². The van der Waals surface area contributed by atoms with Crippen molar-refractivity contribution in [3.05, 3.63) is 83.2 Å². The molecule has 0 saturated heterocycles. The fourth-order valence-corrected chi connectivity index (χ4v) is 2.81. The summed E-state index contributed by atoms with van der Waals surface area (Å²) in [6.07, 6.45) is 5.59. The number of rotatable bonds is 8. The van der Waals surface area contributed by atoms with Crippen LogP contribution in [0, 0.1) is 13.8 Å². The standard InChI is InChI=1S/C25H25NO4/c1-4-28-24-16-20(11-13-21-9-5-6-15-26-21)12-14-23(24)30-25(27)17-29-22-10-7-8-18(2)19(22)3/h5-16H,4,17H2,1-3H3/b13-11+. The minimum atomic E-state index is -0.492. The van der Waals surface area contributed by atoms with E-state index in [0.29, 0.717) is 23.9 Å². The second-order valence-electron chi connectivity index (χ2n) is 6.69. The SMILES string of the molecule is CCOc1cc(/C=C/c2ccccn2)ccc1OC(=O)COc1cccc(C)c1C. The van der Waals surface area contributed by atoms with Gasteiger partial charge in [0.1, 0.15) is 5.75 Å². The van der Waals surface area contributed by atoms with Crippen molar-refractivity contribution in [3.8, 4) is 17.2 Å². The molecule has 5 heteroatoms. The van der Waals surface area contributed by atoms with Crippen LogP contribution in [0.4, 0.5) is 0 Å². The third kappa shape index (κ3) is 5.70. The van der Waals surface area contributed by atoms with Gasteiger partial charge in [0.25, 0.3) is 0 Å². The van der Waals surface area contributed by atoms with Gasteiger partial charge in [-0.15, -0.1) is 0 Å². The first-order chi connectivity index (χ1) is 14.6. The zero-order chi connectivity index (χ0) is 21.3. The molecule has 1 heterocycles. The minimum absolute atomic E-state index is 0.183. The summed E-state index contributed by atoms with van der Waals surface area (Å²) in [6.45, 7) is 6.11. The van der Waals surface area contributed by atoms with Crippen LogP contribution in [-0.4, -0.2) is 24.2 Å². The topological polar surface area (TPSA) is 57.7 Å². The number of aromatic nitrogens is 1. The number of carbonyl (C=O) groups is 1. The van der Waals surface area contributed by atoms with Crippen LogP contribution in [0.15, 0.2) is 60.8 Å². The first kappa shape index (κ1) is 21.1. The Morgan fingerprint density at radius 1 is 0.933 bits per heavy atom. The second kappa shape index (κ2) is 10.3. The monoisotopic (exact) mass is 403 g/mol. The number of benzene rings is 2. The molecular weight excluding hydrogens is 378 g/mol. The normalized spacial score (nSPS) is 10.8. The Kier molecular flexibility index (Phi) is 7.22. The van der Waals surface area contributed by atoms with Crippen LogP contribution >= 0.6 is 0 Å². The summed E-state index contributed by atoms with van der Waals surface area (Å²) in [5.41, 5.74) is 3.88. The van der Waals surface area contributed by atoms with Crippen molar-refractivity contribution in [2.24, 2.45) is 0 Å².